The van der Waals surface area contributed by atoms with Crippen LogP contribution in [0.1, 0.15) is 10.4 Å². The normalized spacial score (nSPS) is 10.7. The molecule has 9 nitrogen and oxygen atoms in total. The molecule has 1 aromatic carbocycles. The molecule has 0 aliphatic carbocycles. The van der Waals surface area contributed by atoms with Crippen molar-refractivity contribution in [1.29, 1.82) is 0 Å². The van der Waals surface area contributed by atoms with E-state index in [1.165, 1.54) is 17.0 Å². The second kappa shape index (κ2) is 8.26. The van der Waals surface area contributed by atoms with Gasteiger partial charge >= 0.3 is 5.97 Å². The van der Waals surface area contributed by atoms with Crippen LogP contribution in [-0.2, 0) is 4.79 Å². The number of carbonyl (C=O) groups excluding carboxylic acids is 1. The van der Waals surface area contributed by atoms with E-state index in [1.807, 2.05) is 19.0 Å². The van der Waals surface area contributed by atoms with Gasteiger partial charge in [0.15, 0.2) is 0 Å². The Hall–Kier alpha value is -3.20. The topological polar surface area (TPSA) is 116 Å². The van der Waals surface area contributed by atoms with Crippen LogP contribution in [0.25, 0.3) is 5.69 Å². The molecule has 0 atom stereocenters. The first-order chi connectivity index (χ1) is 12.3. The van der Waals surface area contributed by atoms with Gasteiger partial charge in [0.05, 0.1) is 5.69 Å². The molecule has 0 aliphatic rings. The van der Waals surface area contributed by atoms with E-state index in [4.69, 9.17) is 5.11 Å². The number of carbonyl (C=O) groups is 2. The summed E-state index contributed by atoms with van der Waals surface area (Å²) in [7, 11) is 3.64. The zero-order valence-corrected chi connectivity index (χ0v) is 14.5. The molecule has 0 radical (unpaired) electrons. The predicted octanol–water partition coefficient (Wildman–Crippen LogP) is -0.386. The molecule has 2 rings (SSSR count). The summed E-state index contributed by atoms with van der Waals surface area (Å²) in [5.41, 5.74) is -0.385. The Balaban J connectivity index is 2.35. The number of likely N-dealkylation sites (N-methyl/N-ethyl adjacent to an activating group) is 1. The number of H-pyrrole nitrogens is 1. The van der Waals surface area contributed by atoms with Crippen LogP contribution in [0.4, 0.5) is 0 Å². The number of amides is 1. The summed E-state index contributed by atoms with van der Waals surface area (Å²) >= 11 is 0. The summed E-state index contributed by atoms with van der Waals surface area (Å²) < 4.78 is 1.03. The summed E-state index contributed by atoms with van der Waals surface area (Å²) in [6.45, 7) is 0.313. The highest BCUT2D eigenvalue weighted by atomic mass is 16.4. The van der Waals surface area contributed by atoms with Crippen LogP contribution in [-0.4, -0.2) is 70.3 Å². The maximum Gasteiger partial charge on any atom is 0.323 e. The van der Waals surface area contributed by atoms with E-state index < -0.39 is 29.5 Å². The van der Waals surface area contributed by atoms with Crippen LogP contribution >= 0.6 is 0 Å². The Kier molecular flexibility index (Phi) is 6.07. The van der Waals surface area contributed by atoms with E-state index in [1.54, 1.807) is 12.1 Å². The van der Waals surface area contributed by atoms with Crippen LogP contribution in [0.2, 0.25) is 0 Å². The molecule has 0 spiro atoms. The molecule has 0 fully saturated rings. The summed E-state index contributed by atoms with van der Waals surface area (Å²) in [6.07, 6.45) is 0. The molecule has 9 heteroatoms. The first kappa shape index (κ1) is 19.1. The van der Waals surface area contributed by atoms with E-state index in [-0.39, 0.29) is 12.1 Å². The largest absolute Gasteiger partial charge is 0.480 e. The highest BCUT2D eigenvalue weighted by molar-refractivity contribution is 5.96. The van der Waals surface area contributed by atoms with Gasteiger partial charge in [-0.3, -0.25) is 24.3 Å². The molecule has 0 bridgehead atoms. The Bertz CT molecular complexity index is 916. The Morgan fingerprint density at radius 1 is 1.12 bits per heavy atom. The summed E-state index contributed by atoms with van der Waals surface area (Å²) in [6, 6.07) is 8.33. The molecule has 0 aliphatic heterocycles. The molecule has 1 heterocycles. The number of hydrogen-bond donors (Lipinski definition) is 2. The van der Waals surface area contributed by atoms with E-state index in [9.17, 15) is 19.2 Å². The standard InChI is InChI=1S/C17H20N4O5/c1-19(2)8-9-20(11-16(24)25)17(26)12-4-3-5-13(10-12)21-15(23)7-6-14(22)18-21/h3-7,10H,8-9,11H2,1-2H3,(H,18,22)(H,24,25). The quantitative estimate of drug-likeness (QED) is 0.695. The number of aromatic amines is 1. The zero-order valence-electron chi connectivity index (χ0n) is 14.5. The first-order valence-corrected chi connectivity index (χ1v) is 7.86. The van der Waals surface area contributed by atoms with Gasteiger partial charge < -0.3 is 14.9 Å². The summed E-state index contributed by atoms with van der Waals surface area (Å²) in [5, 5.41) is 11.4. The van der Waals surface area contributed by atoms with Gasteiger partial charge in [-0.2, -0.15) is 0 Å². The summed E-state index contributed by atoms with van der Waals surface area (Å²) in [5.74, 6) is -1.58. The van der Waals surface area contributed by atoms with Crippen molar-refractivity contribution in [2.24, 2.45) is 0 Å². The van der Waals surface area contributed by atoms with Gasteiger partial charge in [-0.05, 0) is 32.3 Å². The van der Waals surface area contributed by atoms with Gasteiger partial charge in [0, 0.05) is 30.8 Å². The first-order valence-electron chi connectivity index (χ1n) is 7.86. The fraction of sp³-hybridized carbons (Fsp3) is 0.294. The molecular formula is C17H20N4O5. The van der Waals surface area contributed by atoms with E-state index >= 15 is 0 Å². The van der Waals surface area contributed by atoms with Crippen molar-refractivity contribution in [3.05, 3.63) is 62.7 Å². The van der Waals surface area contributed by atoms with Gasteiger partial charge in [0.2, 0.25) is 0 Å². The number of nitrogens with one attached hydrogen (secondary N) is 1. The van der Waals surface area contributed by atoms with Crippen molar-refractivity contribution in [1.82, 2.24) is 19.6 Å². The zero-order chi connectivity index (χ0) is 19.3. The summed E-state index contributed by atoms with van der Waals surface area (Å²) in [4.78, 5) is 50.2. The molecule has 26 heavy (non-hydrogen) atoms. The van der Waals surface area contributed by atoms with Gasteiger partial charge in [0.1, 0.15) is 6.54 Å². The fourth-order valence-electron chi connectivity index (χ4n) is 2.31. The minimum absolute atomic E-state index is 0.221. The third-order valence-electron chi connectivity index (χ3n) is 3.60. The molecule has 1 aromatic heterocycles. The van der Waals surface area contributed by atoms with Crippen molar-refractivity contribution in [3.63, 3.8) is 0 Å². The van der Waals surface area contributed by atoms with Crippen molar-refractivity contribution in [2.75, 3.05) is 33.7 Å². The number of benzene rings is 1. The van der Waals surface area contributed by atoms with E-state index in [0.717, 1.165) is 16.8 Å². The third kappa shape index (κ3) is 4.90. The maximum absolute atomic E-state index is 12.7. The van der Waals surface area contributed by atoms with E-state index in [0.29, 0.717) is 12.2 Å². The number of aromatic nitrogens is 2. The lowest BCUT2D eigenvalue weighted by Gasteiger charge is -2.23. The molecule has 2 N–H and O–H groups in total. The average molecular weight is 360 g/mol. The van der Waals surface area contributed by atoms with Crippen molar-refractivity contribution in [3.8, 4) is 5.69 Å². The molecule has 0 saturated carbocycles. The number of aliphatic carboxylic acids is 1. The van der Waals surface area contributed by atoms with Crippen LogP contribution < -0.4 is 11.1 Å². The average Bonchev–Trinajstić information content (AvgIpc) is 2.59. The second-order valence-electron chi connectivity index (χ2n) is 5.96. The lowest BCUT2D eigenvalue weighted by Crippen LogP contribution is -2.40. The molecular weight excluding hydrogens is 340 g/mol. The SMILES string of the molecule is CN(C)CCN(CC(=O)O)C(=O)c1cccc(-n2[nH]c(=O)ccc2=O)c1. The van der Waals surface area contributed by atoms with E-state index in [2.05, 4.69) is 5.10 Å². The lowest BCUT2D eigenvalue weighted by molar-refractivity contribution is -0.137. The van der Waals surface area contributed by atoms with Crippen LogP contribution in [0.3, 0.4) is 0 Å². The number of hydrogen-bond acceptors (Lipinski definition) is 5. The van der Waals surface area contributed by atoms with Crippen LogP contribution in [0, 0.1) is 0 Å². The number of rotatable bonds is 7. The van der Waals surface area contributed by atoms with Crippen LogP contribution in [0.15, 0.2) is 46.0 Å². The van der Waals surface area contributed by atoms with Gasteiger partial charge in [-0.15, -0.1) is 0 Å². The lowest BCUT2D eigenvalue weighted by atomic mass is 10.1. The van der Waals surface area contributed by atoms with Gasteiger partial charge in [0.25, 0.3) is 17.0 Å². The Labute approximate surface area is 149 Å². The number of nitrogens with zero attached hydrogens (tertiary/aromatic N) is 3. The minimum Gasteiger partial charge on any atom is -0.480 e. The maximum atomic E-state index is 12.7. The molecule has 1 amide bonds. The Morgan fingerprint density at radius 2 is 1.85 bits per heavy atom. The van der Waals surface area contributed by atoms with Crippen molar-refractivity contribution >= 4 is 11.9 Å². The Morgan fingerprint density at radius 3 is 2.50 bits per heavy atom. The van der Waals surface area contributed by atoms with Crippen LogP contribution in [0.5, 0.6) is 0 Å². The minimum atomic E-state index is -1.11. The molecule has 0 saturated heterocycles. The molecule has 2 aromatic rings. The molecule has 138 valence electrons. The third-order valence-corrected chi connectivity index (χ3v) is 3.60. The van der Waals surface area contributed by atoms with Crippen molar-refractivity contribution < 1.29 is 14.7 Å². The highest BCUT2D eigenvalue weighted by Crippen LogP contribution is 2.10. The van der Waals surface area contributed by atoms with Gasteiger partial charge in [-0.25, -0.2) is 4.68 Å². The number of carboxylic acid groups (broad SMARTS) is 1. The smallest absolute Gasteiger partial charge is 0.323 e. The fourth-order valence-corrected chi connectivity index (χ4v) is 2.31. The molecule has 0 unspecified atom stereocenters. The van der Waals surface area contributed by atoms with Crippen molar-refractivity contribution in [2.45, 2.75) is 0 Å². The highest BCUT2D eigenvalue weighted by Gasteiger charge is 2.19. The number of carboxylic acids is 1. The van der Waals surface area contributed by atoms with Gasteiger partial charge in [-0.1, -0.05) is 6.07 Å². The second-order valence-corrected chi connectivity index (χ2v) is 5.96. The monoisotopic (exact) mass is 360 g/mol. The predicted molar refractivity (Wildman–Crippen MR) is 94.8 cm³/mol.